The van der Waals surface area contributed by atoms with E-state index in [9.17, 15) is 4.79 Å². The second kappa shape index (κ2) is 6.89. The molecular weight excluding hydrogens is 248 g/mol. The average molecular weight is 276 g/mol. The number of nitrogens with one attached hydrogen (secondary N) is 2. The molecule has 112 valence electrons. The Kier molecular flexibility index (Phi) is 5.75. The van der Waals surface area contributed by atoms with Crippen molar-refractivity contribution in [3.8, 4) is 0 Å². The van der Waals surface area contributed by atoms with Crippen LogP contribution in [-0.4, -0.2) is 19.5 Å². The minimum atomic E-state index is -0.0327. The monoisotopic (exact) mass is 276 g/mol. The Labute approximate surface area is 123 Å². The van der Waals surface area contributed by atoms with Gasteiger partial charge in [0, 0.05) is 12.5 Å². The Balaban J connectivity index is 2.95. The first-order chi connectivity index (χ1) is 9.25. The van der Waals surface area contributed by atoms with E-state index in [2.05, 4.69) is 56.5 Å². The zero-order valence-electron chi connectivity index (χ0n) is 13.6. The summed E-state index contributed by atoms with van der Waals surface area (Å²) in [6.45, 7) is 11.2. The average Bonchev–Trinajstić information content (AvgIpc) is 2.34. The SMILES string of the molecule is CNCC(C)C(=O)NC(c1cccc(C)c1)C(C)(C)C. The maximum Gasteiger partial charge on any atom is 0.224 e. The summed E-state index contributed by atoms with van der Waals surface area (Å²) in [5.41, 5.74) is 2.36. The summed E-state index contributed by atoms with van der Waals surface area (Å²) >= 11 is 0. The van der Waals surface area contributed by atoms with Gasteiger partial charge in [-0.1, -0.05) is 57.5 Å². The van der Waals surface area contributed by atoms with Gasteiger partial charge >= 0.3 is 0 Å². The van der Waals surface area contributed by atoms with Crippen molar-refractivity contribution < 1.29 is 4.79 Å². The van der Waals surface area contributed by atoms with Gasteiger partial charge in [-0.05, 0) is 24.9 Å². The Bertz CT molecular complexity index is 449. The van der Waals surface area contributed by atoms with Crippen molar-refractivity contribution in [3.05, 3.63) is 35.4 Å². The molecule has 1 aromatic carbocycles. The molecule has 2 atom stereocenters. The van der Waals surface area contributed by atoms with Crippen molar-refractivity contribution in [2.24, 2.45) is 11.3 Å². The molecule has 0 aromatic heterocycles. The van der Waals surface area contributed by atoms with Gasteiger partial charge in [0.15, 0.2) is 0 Å². The van der Waals surface area contributed by atoms with Crippen LogP contribution in [0.5, 0.6) is 0 Å². The lowest BCUT2D eigenvalue weighted by atomic mass is 9.81. The number of benzene rings is 1. The first-order valence-electron chi connectivity index (χ1n) is 7.27. The highest BCUT2D eigenvalue weighted by molar-refractivity contribution is 5.79. The van der Waals surface area contributed by atoms with Gasteiger partial charge in [0.2, 0.25) is 5.91 Å². The highest BCUT2D eigenvalue weighted by Gasteiger charge is 2.29. The third kappa shape index (κ3) is 4.64. The maximum atomic E-state index is 12.3. The Morgan fingerprint density at radius 3 is 2.45 bits per heavy atom. The van der Waals surface area contributed by atoms with Gasteiger partial charge in [-0.25, -0.2) is 0 Å². The molecule has 2 unspecified atom stereocenters. The van der Waals surface area contributed by atoms with E-state index in [1.807, 2.05) is 20.0 Å². The molecule has 2 N–H and O–H groups in total. The van der Waals surface area contributed by atoms with Crippen LogP contribution in [0.15, 0.2) is 24.3 Å². The van der Waals surface area contributed by atoms with Crippen LogP contribution in [0.3, 0.4) is 0 Å². The van der Waals surface area contributed by atoms with E-state index in [-0.39, 0.29) is 23.3 Å². The number of hydrogen-bond donors (Lipinski definition) is 2. The molecule has 0 saturated heterocycles. The number of aryl methyl sites for hydroxylation is 1. The molecule has 1 aromatic rings. The Morgan fingerprint density at radius 1 is 1.30 bits per heavy atom. The van der Waals surface area contributed by atoms with Gasteiger partial charge in [-0.15, -0.1) is 0 Å². The second-order valence-electron chi connectivity index (χ2n) is 6.68. The molecule has 0 aliphatic rings. The summed E-state index contributed by atoms with van der Waals surface area (Å²) in [5.74, 6) is 0.0652. The number of carbonyl (C=O) groups is 1. The van der Waals surface area contributed by atoms with Gasteiger partial charge in [-0.3, -0.25) is 4.79 Å². The van der Waals surface area contributed by atoms with Crippen molar-refractivity contribution in [3.63, 3.8) is 0 Å². The Hall–Kier alpha value is -1.35. The molecule has 0 saturated carbocycles. The van der Waals surface area contributed by atoms with Crippen LogP contribution >= 0.6 is 0 Å². The van der Waals surface area contributed by atoms with Gasteiger partial charge in [0.1, 0.15) is 0 Å². The topological polar surface area (TPSA) is 41.1 Å². The lowest BCUT2D eigenvalue weighted by Crippen LogP contribution is -2.41. The van der Waals surface area contributed by atoms with E-state index in [4.69, 9.17) is 0 Å². The summed E-state index contributed by atoms with van der Waals surface area (Å²) in [7, 11) is 1.87. The van der Waals surface area contributed by atoms with Gasteiger partial charge in [0.25, 0.3) is 0 Å². The minimum Gasteiger partial charge on any atom is -0.348 e. The highest BCUT2D eigenvalue weighted by Crippen LogP contribution is 2.33. The highest BCUT2D eigenvalue weighted by atomic mass is 16.1. The summed E-state index contributed by atoms with van der Waals surface area (Å²) in [5, 5.41) is 6.25. The number of rotatable bonds is 5. The molecule has 1 amide bonds. The molecule has 0 bridgehead atoms. The maximum absolute atomic E-state index is 12.3. The fourth-order valence-corrected chi connectivity index (χ4v) is 2.33. The van der Waals surface area contributed by atoms with Gasteiger partial charge < -0.3 is 10.6 Å². The molecule has 0 radical (unpaired) electrons. The molecule has 3 nitrogen and oxygen atoms in total. The van der Waals surface area contributed by atoms with E-state index in [0.717, 1.165) is 0 Å². The lowest BCUT2D eigenvalue weighted by molar-refractivity contribution is -0.125. The van der Waals surface area contributed by atoms with Crippen LogP contribution in [-0.2, 0) is 4.79 Å². The van der Waals surface area contributed by atoms with Crippen LogP contribution in [0.1, 0.15) is 44.9 Å². The molecule has 0 aliphatic carbocycles. The molecule has 0 heterocycles. The largest absolute Gasteiger partial charge is 0.348 e. The predicted molar refractivity (Wildman–Crippen MR) is 84.6 cm³/mol. The van der Waals surface area contributed by atoms with Crippen LogP contribution in [0.25, 0.3) is 0 Å². The number of amides is 1. The van der Waals surface area contributed by atoms with Gasteiger partial charge in [-0.2, -0.15) is 0 Å². The third-order valence-corrected chi connectivity index (χ3v) is 3.49. The summed E-state index contributed by atoms with van der Waals surface area (Å²) < 4.78 is 0. The molecule has 3 heteroatoms. The molecule has 1 rings (SSSR count). The van der Waals surface area contributed by atoms with Crippen molar-refractivity contribution >= 4 is 5.91 Å². The predicted octanol–water partition coefficient (Wildman–Crippen LogP) is 3.05. The minimum absolute atomic E-state index is 0.0224. The summed E-state index contributed by atoms with van der Waals surface area (Å²) in [6.07, 6.45) is 0. The molecule has 0 aliphatic heterocycles. The van der Waals surface area contributed by atoms with Crippen molar-refractivity contribution in [2.45, 2.75) is 40.7 Å². The van der Waals surface area contributed by atoms with Crippen molar-refractivity contribution in [1.82, 2.24) is 10.6 Å². The summed E-state index contributed by atoms with van der Waals surface area (Å²) in [6, 6.07) is 8.39. The smallest absolute Gasteiger partial charge is 0.224 e. The number of carbonyl (C=O) groups excluding carboxylic acids is 1. The number of hydrogen-bond acceptors (Lipinski definition) is 2. The van der Waals surface area contributed by atoms with Crippen molar-refractivity contribution in [1.29, 1.82) is 0 Å². The summed E-state index contributed by atoms with van der Waals surface area (Å²) in [4.78, 5) is 12.3. The van der Waals surface area contributed by atoms with Gasteiger partial charge in [0.05, 0.1) is 6.04 Å². The molecule has 0 fully saturated rings. The van der Waals surface area contributed by atoms with Crippen molar-refractivity contribution in [2.75, 3.05) is 13.6 Å². The van der Waals surface area contributed by atoms with Crippen LogP contribution in [0.4, 0.5) is 0 Å². The fraction of sp³-hybridized carbons (Fsp3) is 0.588. The van der Waals surface area contributed by atoms with Crippen LogP contribution in [0.2, 0.25) is 0 Å². The molecule has 20 heavy (non-hydrogen) atoms. The first-order valence-corrected chi connectivity index (χ1v) is 7.27. The zero-order chi connectivity index (χ0) is 15.3. The third-order valence-electron chi connectivity index (χ3n) is 3.49. The quantitative estimate of drug-likeness (QED) is 0.868. The zero-order valence-corrected chi connectivity index (χ0v) is 13.6. The van der Waals surface area contributed by atoms with E-state index < -0.39 is 0 Å². The van der Waals surface area contributed by atoms with E-state index in [0.29, 0.717) is 6.54 Å². The molecule has 0 spiro atoms. The fourth-order valence-electron chi connectivity index (χ4n) is 2.33. The van der Waals surface area contributed by atoms with Crippen LogP contribution in [0, 0.1) is 18.3 Å². The second-order valence-corrected chi connectivity index (χ2v) is 6.68. The lowest BCUT2D eigenvalue weighted by Gasteiger charge is -2.33. The van der Waals surface area contributed by atoms with E-state index in [1.165, 1.54) is 11.1 Å². The first kappa shape index (κ1) is 16.7. The van der Waals surface area contributed by atoms with E-state index >= 15 is 0 Å². The standard InChI is InChI=1S/C17H28N2O/c1-12-8-7-9-14(10-12)15(17(3,4)5)19-16(20)13(2)11-18-6/h7-10,13,15,18H,11H2,1-6H3,(H,19,20). The Morgan fingerprint density at radius 2 is 1.95 bits per heavy atom. The van der Waals surface area contributed by atoms with Crippen LogP contribution < -0.4 is 10.6 Å². The normalized spacial score (nSPS) is 14.7. The van der Waals surface area contributed by atoms with E-state index in [1.54, 1.807) is 0 Å². The molecular formula is C17H28N2O.